The number of carbonyl (C=O) groups excluding carboxylic acids is 1. The second-order valence-electron chi connectivity index (χ2n) is 4.03. The van der Waals surface area contributed by atoms with Gasteiger partial charge in [-0.2, -0.15) is 0 Å². The fourth-order valence-electron chi connectivity index (χ4n) is 1.90. The van der Waals surface area contributed by atoms with Gasteiger partial charge in [-0.15, -0.1) is 0 Å². The lowest BCUT2D eigenvalue weighted by molar-refractivity contribution is 0.0993. The summed E-state index contributed by atoms with van der Waals surface area (Å²) in [5, 5.41) is 0.908. The Morgan fingerprint density at radius 3 is 2.74 bits per heavy atom. The van der Waals surface area contributed by atoms with E-state index in [-0.39, 0.29) is 0 Å². The number of H-pyrrole nitrogens is 1. The lowest BCUT2D eigenvalue weighted by Gasteiger charge is -2.01. The van der Waals surface area contributed by atoms with E-state index in [9.17, 15) is 4.79 Å². The number of aromatic amines is 1. The van der Waals surface area contributed by atoms with E-state index in [0.717, 1.165) is 20.7 Å². The smallest absolute Gasteiger partial charge is 0.266 e. The minimum absolute atomic E-state index is 0.428. The summed E-state index contributed by atoms with van der Waals surface area (Å²) in [6.45, 7) is 0. The van der Waals surface area contributed by atoms with Gasteiger partial charge in [0.2, 0.25) is 0 Å². The van der Waals surface area contributed by atoms with Crippen LogP contribution >= 0.6 is 11.8 Å². The molecular weight excluding hydrogens is 258 g/mol. The molecule has 2 aromatic heterocycles. The molecule has 0 aliphatic carbocycles. The molecule has 0 fully saturated rings. The Bertz CT molecular complexity index is 737. The molecule has 0 saturated heterocycles. The van der Waals surface area contributed by atoms with Crippen LogP contribution in [-0.4, -0.2) is 15.9 Å². The van der Waals surface area contributed by atoms with Crippen molar-refractivity contribution in [3.63, 3.8) is 0 Å². The Morgan fingerprint density at radius 2 is 2.00 bits per heavy atom. The van der Waals surface area contributed by atoms with E-state index in [4.69, 9.17) is 5.73 Å². The molecule has 1 aromatic carbocycles. The number of amides is 1. The van der Waals surface area contributed by atoms with Gasteiger partial charge in [0, 0.05) is 22.7 Å². The van der Waals surface area contributed by atoms with Gasteiger partial charge in [-0.25, -0.2) is 0 Å². The van der Waals surface area contributed by atoms with Crippen molar-refractivity contribution in [3.8, 4) is 0 Å². The summed E-state index contributed by atoms with van der Waals surface area (Å²) in [6.07, 6.45) is 3.42. The summed E-state index contributed by atoms with van der Waals surface area (Å²) in [4.78, 5) is 20.6. The summed E-state index contributed by atoms with van der Waals surface area (Å²) in [6, 6.07) is 11.7. The molecular formula is C14H11N3OS. The SMILES string of the molecule is NC(=O)c1[nH]c2ccncc2c1Sc1ccccc1. The van der Waals surface area contributed by atoms with Gasteiger partial charge in [0.05, 0.1) is 10.4 Å². The van der Waals surface area contributed by atoms with E-state index in [0.29, 0.717) is 5.69 Å². The van der Waals surface area contributed by atoms with Crippen LogP contribution in [0.5, 0.6) is 0 Å². The van der Waals surface area contributed by atoms with Gasteiger partial charge in [-0.05, 0) is 18.2 Å². The van der Waals surface area contributed by atoms with Gasteiger partial charge >= 0.3 is 0 Å². The van der Waals surface area contributed by atoms with Crippen molar-refractivity contribution < 1.29 is 4.79 Å². The number of nitrogens with zero attached hydrogens (tertiary/aromatic N) is 1. The number of nitrogens with one attached hydrogen (secondary N) is 1. The number of carbonyl (C=O) groups is 1. The molecule has 0 aliphatic rings. The highest BCUT2D eigenvalue weighted by molar-refractivity contribution is 7.99. The van der Waals surface area contributed by atoms with Crippen molar-refractivity contribution in [1.82, 2.24) is 9.97 Å². The number of primary amides is 1. The Morgan fingerprint density at radius 1 is 1.21 bits per heavy atom. The van der Waals surface area contributed by atoms with Crippen molar-refractivity contribution in [3.05, 3.63) is 54.5 Å². The number of nitrogens with two attached hydrogens (primary N) is 1. The molecule has 4 nitrogen and oxygen atoms in total. The maximum absolute atomic E-state index is 11.5. The third-order valence-electron chi connectivity index (χ3n) is 2.76. The van der Waals surface area contributed by atoms with Crippen molar-refractivity contribution >= 4 is 28.6 Å². The molecule has 0 unspecified atom stereocenters. The first-order valence-corrected chi connectivity index (χ1v) is 6.56. The molecule has 3 rings (SSSR count). The van der Waals surface area contributed by atoms with Crippen molar-refractivity contribution in [2.75, 3.05) is 0 Å². The van der Waals surface area contributed by atoms with Gasteiger partial charge in [-0.3, -0.25) is 9.78 Å². The molecule has 0 atom stereocenters. The highest BCUT2D eigenvalue weighted by Gasteiger charge is 2.16. The minimum Gasteiger partial charge on any atom is -0.364 e. The minimum atomic E-state index is -0.463. The van der Waals surface area contributed by atoms with E-state index < -0.39 is 5.91 Å². The largest absolute Gasteiger partial charge is 0.364 e. The average molecular weight is 269 g/mol. The number of benzene rings is 1. The standard InChI is InChI=1S/C14H11N3OS/c15-14(18)12-13(19-9-4-2-1-3-5-9)10-8-16-7-6-11(10)17-12/h1-8,17H,(H2,15,18). The average Bonchev–Trinajstić information content (AvgIpc) is 2.79. The molecule has 5 heteroatoms. The van der Waals surface area contributed by atoms with Gasteiger partial charge in [-0.1, -0.05) is 30.0 Å². The first-order chi connectivity index (χ1) is 9.25. The van der Waals surface area contributed by atoms with Crippen LogP contribution in [0, 0.1) is 0 Å². The Kier molecular flexibility index (Phi) is 2.97. The summed E-state index contributed by atoms with van der Waals surface area (Å²) < 4.78 is 0. The van der Waals surface area contributed by atoms with Crippen LogP contribution in [-0.2, 0) is 0 Å². The molecule has 0 bridgehead atoms. The molecule has 0 saturated carbocycles. The fourth-order valence-corrected chi connectivity index (χ4v) is 2.95. The zero-order valence-corrected chi connectivity index (χ0v) is 10.8. The van der Waals surface area contributed by atoms with Crippen LogP contribution in [0.2, 0.25) is 0 Å². The Labute approximate surface area is 114 Å². The molecule has 19 heavy (non-hydrogen) atoms. The predicted octanol–water partition coefficient (Wildman–Crippen LogP) is 2.81. The lowest BCUT2D eigenvalue weighted by Crippen LogP contribution is -2.12. The normalized spacial score (nSPS) is 10.7. The highest BCUT2D eigenvalue weighted by atomic mass is 32.2. The van der Waals surface area contributed by atoms with Crippen LogP contribution in [0.3, 0.4) is 0 Å². The molecule has 1 amide bonds. The van der Waals surface area contributed by atoms with E-state index in [1.165, 1.54) is 11.8 Å². The second kappa shape index (κ2) is 4.78. The number of aromatic nitrogens is 2. The van der Waals surface area contributed by atoms with Gasteiger partial charge < -0.3 is 10.7 Å². The number of rotatable bonds is 3. The lowest BCUT2D eigenvalue weighted by atomic mass is 10.3. The van der Waals surface area contributed by atoms with E-state index in [2.05, 4.69) is 9.97 Å². The van der Waals surface area contributed by atoms with E-state index in [1.54, 1.807) is 12.4 Å². The summed E-state index contributed by atoms with van der Waals surface area (Å²) in [7, 11) is 0. The molecule has 2 heterocycles. The quantitative estimate of drug-likeness (QED) is 0.768. The highest BCUT2D eigenvalue weighted by Crippen LogP contribution is 2.35. The summed E-state index contributed by atoms with van der Waals surface area (Å²) >= 11 is 1.51. The molecule has 3 aromatic rings. The van der Waals surface area contributed by atoms with Gasteiger partial charge in [0.15, 0.2) is 0 Å². The number of hydrogen-bond acceptors (Lipinski definition) is 3. The number of fused-ring (bicyclic) bond motifs is 1. The van der Waals surface area contributed by atoms with E-state index >= 15 is 0 Å². The van der Waals surface area contributed by atoms with Crippen molar-refractivity contribution in [2.45, 2.75) is 9.79 Å². The van der Waals surface area contributed by atoms with Gasteiger partial charge in [0.25, 0.3) is 5.91 Å². The van der Waals surface area contributed by atoms with Crippen LogP contribution in [0.25, 0.3) is 10.9 Å². The fraction of sp³-hybridized carbons (Fsp3) is 0. The van der Waals surface area contributed by atoms with Crippen molar-refractivity contribution in [2.24, 2.45) is 5.73 Å². The molecule has 0 spiro atoms. The van der Waals surface area contributed by atoms with Crippen LogP contribution in [0.1, 0.15) is 10.5 Å². The van der Waals surface area contributed by atoms with Crippen LogP contribution < -0.4 is 5.73 Å². The number of hydrogen-bond donors (Lipinski definition) is 2. The Balaban J connectivity index is 2.15. The first-order valence-electron chi connectivity index (χ1n) is 5.74. The molecule has 3 N–H and O–H groups in total. The molecule has 0 radical (unpaired) electrons. The first kappa shape index (κ1) is 11.8. The van der Waals surface area contributed by atoms with Crippen molar-refractivity contribution in [1.29, 1.82) is 0 Å². The zero-order valence-electron chi connectivity index (χ0n) is 9.96. The zero-order chi connectivity index (χ0) is 13.2. The third kappa shape index (κ3) is 2.20. The Hall–Kier alpha value is -2.27. The van der Waals surface area contributed by atoms with Crippen LogP contribution in [0.4, 0.5) is 0 Å². The maximum atomic E-state index is 11.5. The summed E-state index contributed by atoms with van der Waals surface area (Å²) in [5.74, 6) is -0.463. The second-order valence-corrected chi connectivity index (χ2v) is 5.11. The van der Waals surface area contributed by atoms with Gasteiger partial charge in [0.1, 0.15) is 5.69 Å². The topological polar surface area (TPSA) is 71.8 Å². The third-order valence-corrected chi connectivity index (χ3v) is 3.90. The molecule has 0 aliphatic heterocycles. The van der Waals surface area contributed by atoms with E-state index in [1.807, 2.05) is 36.4 Å². The predicted molar refractivity (Wildman–Crippen MR) is 75.2 cm³/mol. The maximum Gasteiger partial charge on any atom is 0.266 e. The monoisotopic (exact) mass is 269 g/mol. The number of pyridine rings is 1. The van der Waals surface area contributed by atoms with Crippen LogP contribution in [0.15, 0.2) is 58.6 Å². The molecule has 94 valence electrons. The summed E-state index contributed by atoms with van der Waals surface area (Å²) in [5.41, 5.74) is 6.72.